The number of rotatable bonds is 11. The van der Waals surface area contributed by atoms with E-state index in [0.29, 0.717) is 79.1 Å². The standard InChI is InChI=1S/C27H20ClN7O.C25H20F2N6O/c28-21-12-18(2-5-20(21)27(36)33-19-3-4-19)24-15-32-26-25(31-14-16-7-9-30-10-8-16)34-22-11-17(13-29)1-6-23(22)35(24)26;1-28-25(34)31-18-9-6-15(7-10-18)22-14-30-24-23(29-13-16-4-2-3-5-19(16)27)32-20-11-8-17(26)12-21(20)33(22)24/h1-2,5-12,15,19H,3-4,14H2,(H,31,34)(H,33,36);2-12,14H,13H2,1H3,(H,29,32)(H2,28,31,34). The van der Waals surface area contributed by atoms with E-state index in [0.717, 1.165) is 40.7 Å². The summed E-state index contributed by atoms with van der Waals surface area (Å²) in [5.74, 6) is 0.169. The van der Waals surface area contributed by atoms with E-state index in [1.807, 2.05) is 45.2 Å². The van der Waals surface area contributed by atoms with Gasteiger partial charge in [-0.2, -0.15) is 5.26 Å². The molecule has 0 atom stereocenters. The van der Waals surface area contributed by atoms with E-state index in [4.69, 9.17) is 16.6 Å². The number of hydrogen-bond acceptors (Lipinski definition) is 10. The van der Waals surface area contributed by atoms with E-state index in [9.17, 15) is 23.6 Å². The Labute approximate surface area is 403 Å². The highest BCUT2D eigenvalue weighted by molar-refractivity contribution is 6.34. The average Bonchev–Trinajstić information content (AvgIpc) is 3.89. The second-order valence-corrected chi connectivity index (χ2v) is 16.8. The molecule has 10 aromatic rings. The van der Waals surface area contributed by atoms with Crippen molar-refractivity contribution < 1.29 is 18.4 Å². The number of fused-ring (bicyclic) bond motifs is 6. The lowest BCUT2D eigenvalue weighted by molar-refractivity contribution is 0.0951. The topological polar surface area (TPSA) is 191 Å². The van der Waals surface area contributed by atoms with Crippen molar-refractivity contribution in [1.29, 1.82) is 5.26 Å². The number of carbonyl (C=O) groups is 2. The van der Waals surface area contributed by atoms with Crippen LogP contribution in [0.25, 0.3) is 55.9 Å². The van der Waals surface area contributed by atoms with Crippen LogP contribution in [-0.2, 0) is 13.1 Å². The number of nitriles is 1. The maximum atomic E-state index is 14.2. The largest absolute Gasteiger partial charge is 0.363 e. The van der Waals surface area contributed by atoms with Gasteiger partial charge >= 0.3 is 6.03 Å². The van der Waals surface area contributed by atoms with E-state index in [2.05, 4.69) is 52.6 Å². The predicted molar refractivity (Wildman–Crippen MR) is 265 cm³/mol. The molecule has 70 heavy (non-hydrogen) atoms. The lowest BCUT2D eigenvalue weighted by Crippen LogP contribution is -2.25. The summed E-state index contributed by atoms with van der Waals surface area (Å²) in [6, 6.07) is 34.8. The van der Waals surface area contributed by atoms with Crippen LogP contribution in [0.3, 0.4) is 0 Å². The molecule has 1 fully saturated rings. The normalized spacial score (nSPS) is 12.0. The maximum absolute atomic E-state index is 14.2. The third-order valence-corrected chi connectivity index (χ3v) is 11.9. The number of urea groups is 1. The fourth-order valence-corrected chi connectivity index (χ4v) is 8.19. The van der Waals surface area contributed by atoms with Gasteiger partial charge in [-0.3, -0.25) is 18.6 Å². The number of aromatic nitrogens is 7. The Morgan fingerprint density at radius 3 is 2.14 bits per heavy atom. The van der Waals surface area contributed by atoms with Crippen LogP contribution >= 0.6 is 11.6 Å². The number of nitrogens with zero attached hydrogens (tertiary/aromatic N) is 8. The van der Waals surface area contributed by atoms with Crippen LogP contribution in [-0.4, -0.2) is 58.7 Å². The molecule has 3 amide bonds. The minimum absolute atomic E-state index is 0.159. The summed E-state index contributed by atoms with van der Waals surface area (Å²) < 4.78 is 32.1. The zero-order valence-electron chi connectivity index (χ0n) is 37.2. The molecule has 5 aromatic carbocycles. The van der Waals surface area contributed by atoms with Crippen molar-refractivity contribution in [2.24, 2.45) is 0 Å². The molecule has 0 saturated heterocycles. The monoisotopic (exact) mass is 951 g/mol. The van der Waals surface area contributed by atoms with Gasteiger partial charge in [0.15, 0.2) is 22.9 Å². The molecule has 5 N–H and O–H groups in total. The van der Waals surface area contributed by atoms with Gasteiger partial charge in [0.1, 0.15) is 11.6 Å². The van der Waals surface area contributed by atoms with Gasteiger partial charge in [-0.25, -0.2) is 33.5 Å². The summed E-state index contributed by atoms with van der Waals surface area (Å²) in [4.78, 5) is 46.8. The highest BCUT2D eigenvalue weighted by Gasteiger charge is 2.25. The summed E-state index contributed by atoms with van der Waals surface area (Å²) in [6.07, 6.45) is 8.95. The van der Waals surface area contributed by atoms with Gasteiger partial charge in [-0.15, -0.1) is 0 Å². The van der Waals surface area contributed by atoms with Gasteiger partial charge in [-0.1, -0.05) is 48.0 Å². The molecule has 1 saturated carbocycles. The molecule has 15 nitrogen and oxygen atoms in total. The second kappa shape index (κ2) is 19.3. The number of benzene rings is 5. The number of nitrogens with one attached hydrogen (secondary N) is 5. The number of hydrogen-bond donors (Lipinski definition) is 5. The third-order valence-electron chi connectivity index (χ3n) is 11.6. The Bertz CT molecular complexity index is 3670. The van der Waals surface area contributed by atoms with Crippen LogP contribution in [0.4, 0.5) is 30.9 Å². The molecule has 0 spiro atoms. The lowest BCUT2D eigenvalue weighted by Gasteiger charge is -2.12. The first-order valence-electron chi connectivity index (χ1n) is 22.1. The summed E-state index contributed by atoms with van der Waals surface area (Å²) in [5.41, 5.74) is 9.97. The molecule has 0 radical (unpaired) electrons. The molecule has 1 aliphatic rings. The van der Waals surface area contributed by atoms with Crippen LogP contribution in [0.1, 0.15) is 39.9 Å². The molecule has 1 aliphatic carbocycles. The fraction of sp³-hybridized carbons (Fsp3) is 0.115. The van der Waals surface area contributed by atoms with Gasteiger partial charge in [0.2, 0.25) is 0 Å². The predicted octanol–water partition coefficient (Wildman–Crippen LogP) is 10.2. The van der Waals surface area contributed by atoms with Crippen molar-refractivity contribution in [2.75, 3.05) is 23.0 Å². The van der Waals surface area contributed by atoms with Crippen LogP contribution in [0.2, 0.25) is 5.02 Å². The van der Waals surface area contributed by atoms with E-state index >= 15 is 0 Å². The Hall–Kier alpha value is -9.01. The summed E-state index contributed by atoms with van der Waals surface area (Å²) in [6.45, 7) is 0.748. The Morgan fingerprint density at radius 1 is 0.757 bits per heavy atom. The molecular formula is C52H40ClF2N13O2. The van der Waals surface area contributed by atoms with Crippen molar-refractivity contribution >= 4 is 74.2 Å². The highest BCUT2D eigenvalue weighted by Crippen LogP contribution is 2.33. The number of imidazole rings is 2. The van der Waals surface area contributed by atoms with Gasteiger partial charge in [-0.05, 0) is 91.2 Å². The quantitative estimate of drug-likeness (QED) is 0.0834. The summed E-state index contributed by atoms with van der Waals surface area (Å²) in [5, 5.41) is 24.5. The number of halogens is 3. The minimum atomic E-state index is -0.396. The van der Waals surface area contributed by atoms with E-state index in [1.54, 1.807) is 85.5 Å². The molecule has 346 valence electrons. The zero-order valence-corrected chi connectivity index (χ0v) is 38.0. The first-order valence-corrected chi connectivity index (χ1v) is 22.5. The van der Waals surface area contributed by atoms with Crippen molar-refractivity contribution in [3.05, 3.63) is 179 Å². The van der Waals surface area contributed by atoms with Crippen molar-refractivity contribution in [3.63, 3.8) is 0 Å². The lowest BCUT2D eigenvalue weighted by atomic mass is 10.1. The Balaban J connectivity index is 0.000000162. The van der Waals surface area contributed by atoms with Crippen LogP contribution in [0, 0.1) is 23.0 Å². The molecule has 5 aromatic heterocycles. The first-order chi connectivity index (χ1) is 34.1. The van der Waals surface area contributed by atoms with Crippen LogP contribution < -0.4 is 26.6 Å². The van der Waals surface area contributed by atoms with Crippen LogP contribution in [0.15, 0.2) is 140 Å². The number of carbonyl (C=O) groups excluding carboxylic acids is 2. The first kappa shape index (κ1) is 44.8. The highest BCUT2D eigenvalue weighted by atomic mass is 35.5. The molecule has 0 bridgehead atoms. The molecule has 18 heteroatoms. The van der Waals surface area contributed by atoms with Gasteiger partial charge in [0, 0.05) is 67.0 Å². The van der Waals surface area contributed by atoms with E-state index in [-0.39, 0.29) is 30.3 Å². The summed E-state index contributed by atoms with van der Waals surface area (Å²) >= 11 is 6.55. The zero-order chi connectivity index (χ0) is 48.3. The maximum Gasteiger partial charge on any atom is 0.318 e. The second-order valence-electron chi connectivity index (χ2n) is 16.4. The van der Waals surface area contributed by atoms with Crippen LogP contribution in [0.5, 0.6) is 0 Å². The minimum Gasteiger partial charge on any atom is -0.363 e. The molecule has 0 unspecified atom stereocenters. The smallest absolute Gasteiger partial charge is 0.318 e. The fourth-order valence-electron chi connectivity index (χ4n) is 7.93. The van der Waals surface area contributed by atoms with Crippen molar-refractivity contribution in [2.45, 2.75) is 32.0 Å². The average molecular weight is 952 g/mol. The summed E-state index contributed by atoms with van der Waals surface area (Å²) in [7, 11) is 1.54. The number of amides is 3. The molecule has 11 rings (SSSR count). The SMILES string of the molecule is CNC(=O)Nc1ccc(-c2cnc3c(NCc4ccccc4F)nc4ccc(F)cc4n23)cc1.N#Cc1ccc2c(c1)nc(NCc1ccncc1)c1ncc(-c3ccc(C(=O)NC4CC4)c(Cl)c3)n12. The Kier molecular flexibility index (Phi) is 12.4. The molecular weight excluding hydrogens is 912 g/mol. The Morgan fingerprint density at radius 2 is 1.44 bits per heavy atom. The van der Waals surface area contributed by atoms with E-state index < -0.39 is 5.82 Å². The van der Waals surface area contributed by atoms with Gasteiger partial charge < -0.3 is 26.6 Å². The third kappa shape index (κ3) is 9.31. The molecule has 5 heterocycles. The van der Waals surface area contributed by atoms with Gasteiger partial charge in [0.25, 0.3) is 5.91 Å². The van der Waals surface area contributed by atoms with Gasteiger partial charge in [0.05, 0.1) is 68.1 Å². The number of anilines is 3. The van der Waals surface area contributed by atoms with E-state index in [1.165, 1.54) is 25.2 Å². The number of pyridine rings is 1. The molecule has 0 aliphatic heterocycles. The van der Waals surface area contributed by atoms with Crippen molar-refractivity contribution in [1.82, 2.24) is 44.4 Å². The van der Waals surface area contributed by atoms with Crippen molar-refractivity contribution in [3.8, 4) is 28.6 Å².